The standard InChI is InChI=1S/C21H18FN3O2S2/c1-12-23-19-20(29-12)18(14-6-9-16(26-2)17(10-14)27-3)24-25-21(19)28-11-13-4-7-15(22)8-5-13/h4-10H,11H2,1-3H3. The fourth-order valence-electron chi connectivity index (χ4n) is 2.92. The van der Waals surface area contributed by atoms with Crippen LogP contribution in [-0.2, 0) is 5.75 Å². The quantitative estimate of drug-likeness (QED) is 0.378. The Hall–Kier alpha value is -2.71. The fraction of sp³-hybridized carbons (Fsp3) is 0.190. The summed E-state index contributed by atoms with van der Waals surface area (Å²) in [6, 6.07) is 12.2. The Balaban J connectivity index is 1.71. The van der Waals surface area contributed by atoms with Gasteiger partial charge in [-0.25, -0.2) is 9.37 Å². The Morgan fingerprint density at radius 3 is 2.48 bits per heavy atom. The van der Waals surface area contributed by atoms with Crippen molar-refractivity contribution in [3.05, 3.63) is 58.9 Å². The molecule has 0 bridgehead atoms. The average Bonchev–Trinajstić information content (AvgIpc) is 3.14. The van der Waals surface area contributed by atoms with Crippen LogP contribution in [0, 0.1) is 12.7 Å². The van der Waals surface area contributed by atoms with Crippen molar-refractivity contribution in [3.8, 4) is 22.8 Å². The van der Waals surface area contributed by atoms with E-state index in [4.69, 9.17) is 9.47 Å². The molecule has 148 valence electrons. The van der Waals surface area contributed by atoms with Crippen molar-refractivity contribution < 1.29 is 13.9 Å². The van der Waals surface area contributed by atoms with Gasteiger partial charge in [0.2, 0.25) is 0 Å². The third-order valence-electron chi connectivity index (χ3n) is 4.34. The SMILES string of the molecule is COc1ccc(-c2nnc(SCc3ccc(F)cc3)c3nc(C)sc23)cc1OC. The van der Waals surface area contributed by atoms with E-state index in [1.165, 1.54) is 12.1 Å². The lowest BCUT2D eigenvalue weighted by Crippen LogP contribution is -1.95. The molecule has 29 heavy (non-hydrogen) atoms. The van der Waals surface area contributed by atoms with Gasteiger partial charge in [-0.2, -0.15) is 0 Å². The summed E-state index contributed by atoms with van der Waals surface area (Å²) in [5.41, 5.74) is 3.50. The minimum absolute atomic E-state index is 0.240. The van der Waals surface area contributed by atoms with Gasteiger partial charge in [0.25, 0.3) is 0 Å². The zero-order valence-corrected chi connectivity index (χ0v) is 17.7. The van der Waals surface area contributed by atoms with E-state index in [9.17, 15) is 4.39 Å². The number of aryl methyl sites for hydroxylation is 1. The number of benzene rings is 2. The van der Waals surface area contributed by atoms with E-state index in [2.05, 4.69) is 15.2 Å². The average molecular weight is 428 g/mol. The first-order valence-electron chi connectivity index (χ1n) is 8.82. The van der Waals surface area contributed by atoms with Crippen LogP contribution < -0.4 is 9.47 Å². The molecule has 0 saturated heterocycles. The predicted octanol–water partition coefficient (Wildman–Crippen LogP) is 5.51. The molecular formula is C21H18FN3O2S2. The molecule has 5 nitrogen and oxygen atoms in total. The predicted molar refractivity (Wildman–Crippen MR) is 114 cm³/mol. The van der Waals surface area contributed by atoms with Gasteiger partial charge in [-0.15, -0.1) is 21.5 Å². The molecule has 8 heteroatoms. The highest BCUT2D eigenvalue weighted by molar-refractivity contribution is 7.98. The topological polar surface area (TPSA) is 57.1 Å². The molecule has 2 aromatic heterocycles. The summed E-state index contributed by atoms with van der Waals surface area (Å²) in [4.78, 5) is 4.68. The third-order valence-corrected chi connectivity index (χ3v) is 6.34. The Morgan fingerprint density at radius 2 is 1.76 bits per heavy atom. The molecule has 0 aliphatic rings. The lowest BCUT2D eigenvalue weighted by molar-refractivity contribution is 0.355. The number of methoxy groups -OCH3 is 2. The van der Waals surface area contributed by atoms with Gasteiger partial charge in [-0.1, -0.05) is 23.9 Å². The van der Waals surface area contributed by atoms with Gasteiger partial charge in [0, 0.05) is 11.3 Å². The van der Waals surface area contributed by atoms with Crippen LogP contribution in [0.15, 0.2) is 47.5 Å². The first kappa shape index (κ1) is 19.6. The second-order valence-corrected chi connectivity index (χ2v) is 8.42. The maximum Gasteiger partial charge on any atom is 0.161 e. The Kier molecular flexibility index (Phi) is 5.64. The molecule has 4 aromatic rings. The molecule has 0 radical (unpaired) electrons. The number of thiazole rings is 1. The van der Waals surface area contributed by atoms with E-state index in [1.54, 1.807) is 49.5 Å². The number of aromatic nitrogens is 3. The lowest BCUT2D eigenvalue weighted by atomic mass is 10.1. The van der Waals surface area contributed by atoms with Crippen LogP contribution in [0.3, 0.4) is 0 Å². The van der Waals surface area contributed by atoms with Crippen molar-refractivity contribution in [1.82, 2.24) is 15.2 Å². The van der Waals surface area contributed by atoms with Crippen LogP contribution in [0.5, 0.6) is 11.5 Å². The second-order valence-electron chi connectivity index (χ2n) is 6.25. The van der Waals surface area contributed by atoms with Crippen LogP contribution in [0.1, 0.15) is 10.6 Å². The molecule has 0 spiro atoms. The van der Waals surface area contributed by atoms with Crippen molar-refractivity contribution in [2.24, 2.45) is 0 Å². The minimum atomic E-state index is -0.240. The molecular weight excluding hydrogens is 409 g/mol. The van der Waals surface area contributed by atoms with Crippen molar-refractivity contribution in [2.45, 2.75) is 17.7 Å². The molecule has 4 rings (SSSR count). The zero-order chi connectivity index (χ0) is 20.4. The summed E-state index contributed by atoms with van der Waals surface area (Å²) in [7, 11) is 3.21. The van der Waals surface area contributed by atoms with E-state index < -0.39 is 0 Å². The maximum atomic E-state index is 13.1. The van der Waals surface area contributed by atoms with Crippen molar-refractivity contribution >= 4 is 33.3 Å². The Morgan fingerprint density at radius 1 is 1.00 bits per heavy atom. The Bertz CT molecular complexity index is 1160. The van der Waals surface area contributed by atoms with Gasteiger partial charge < -0.3 is 9.47 Å². The Labute approximate surface area is 175 Å². The normalized spacial score (nSPS) is 11.0. The summed E-state index contributed by atoms with van der Waals surface area (Å²) in [6.45, 7) is 1.97. The van der Waals surface area contributed by atoms with Crippen molar-refractivity contribution in [1.29, 1.82) is 0 Å². The minimum Gasteiger partial charge on any atom is -0.493 e. The van der Waals surface area contributed by atoms with Crippen molar-refractivity contribution in [2.75, 3.05) is 14.2 Å². The smallest absolute Gasteiger partial charge is 0.161 e. The van der Waals surface area contributed by atoms with Crippen molar-refractivity contribution in [3.63, 3.8) is 0 Å². The lowest BCUT2D eigenvalue weighted by Gasteiger charge is -2.10. The van der Waals surface area contributed by atoms with Gasteiger partial charge >= 0.3 is 0 Å². The van der Waals surface area contributed by atoms with Crippen LogP contribution in [-0.4, -0.2) is 29.4 Å². The maximum absolute atomic E-state index is 13.1. The van der Waals surface area contributed by atoms with Crippen LogP contribution in [0.2, 0.25) is 0 Å². The number of nitrogens with zero attached hydrogens (tertiary/aromatic N) is 3. The molecule has 2 aromatic carbocycles. The summed E-state index contributed by atoms with van der Waals surface area (Å²) >= 11 is 3.13. The van der Waals surface area contributed by atoms with E-state index in [-0.39, 0.29) is 5.82 Å². The number of rotatable bonds is 6. The highest BCUT2D eigenvalue weighted by atomic mass is 32.2. The number of hydrogen-bond donors (Lipinski definition) is 0. The van der Waals surface area contributed by atoms with Crippen LogP contribution >= 0.6 is 23.1 Å². The van der Waals surface area contributed by atoms with Gasteiger partial charge in [0.15, 0.2) is 11.5 Å². The molecule has 0 unspecified atom stereocenters. The first-order chi connectivity index (χ1) is 14.1. The molecule has 0 N–H and O–H groups in total. The molecule has 2 heterocycles. The summed E-state index contributed by atoms with van der Waals surface area (Å²) in [6.07, 6.45) is 0. The molecule has 0 fully saturated rings. The highest BCUT2D eigenvalue weighted by Gasteiger charge is 2.17. The summed E-state index contributed by atoms with van der Waals surface area (Å²) in [5.74, 6) is 1.72. The van der Waals surface area contributed by atoms with Crippen LogP contribution in [0.25, 0.3) is 21.5 Å². The molecule has 0 aliphatic carbocycles. The first-order valence-corrected chi connectivity index (χ1v) is 10.6. The number of halogens is 1. The highest BCUT2D eigenvalue weighted by Crippen LogP contribution is 2.38. The summed E-state index contributed by atoms with van der Waals surface area (Å²) < 4.78 is 24.8. The van der Waals surface area contributed by atoms with Gasteiger partial charge in [0.05, 0.1) is 23.9 Å². The van der Waals surface area contributed by atoms with Gasteiger partial charge in [0.1, 0.15) is 22.1 Å². The number of ether oxygens (including phenoxy) is 2. The van der Waals surface area contributed by atoms with E-state index >= 15 is 0 Å². The number of thioether (sulfide) groups is 1. The zero-order valence-electron chi connectivity index (χ0n) is 16.1. The largest absolute Gasteiger partial charge is 0.493 e. The van der Waals surface area contributed by atoms with E-state index in [0.29, 0.717) is 17.3 Å². The fourth-order valence-corrected chi connectivity index (χ4v) is 4.79. The second kappa shape index (κ2) is 8.34. The van der Waals surface area contributed by atoms with E-state index in [1.807, 2.05) is 25.1 Å². The molecule has 0 amide bonds. The van der Waals surface area contributed by atoms with Crippen LogP contribution in [0.4, 0.5) is 4.39 Å². The molecule has 0 aliphatic heterocycles. The number of fused-ring (bicyclic) bond motifs is 1. The molecule has 0 saturated carbocycles. The summed E-state index contributed by atoms with van der Waals surface area (Å²) in [5, 5.41) is 10.6. The molecule has 0 atom stereocenters. The van der Waals surface area contributed by atoms with Gasteiger partial charge in [-0.3, -0.25) is 0 Å². The van der Waals surface area contributed by atoms with E-state index in [0.717, 1.165) is 37.1 Å². The number of hydrogen-bond acceptors (Lipinski definition) is 7. The third kappa shape index (κ3) is 4.04. The monoisotopic (exact) mass is 427 g/mol. The van der Waals surface area contributed by atoms with Gasteiger partial charge in [-0.05, 0) is 42.8 Å².